The van der Waals surface area contributed by atoms with Crippen LogP contribution in [0.1, 0.15) is 33.4 Å². The Morgan fingerprint density at radius 2 is 0.677 bits per heavy atom. The molecule has 0 saturated carbocycles. The molecule has 6 heteroatoms. The standard InChI is InChI=1S/C50H42B2.C40H26N4/c1-31-27-33(3)49(34(4)28-31)52(50-35(5)29-32(2)30-36(50)6)48-26-24-40(38-16-8-10-18-42(38)48)39-23-25-47(41-17-9-7-15-37(39)41)51-45-21-13-11-19-43(45)44-20-12-14-22-46(44)51;1-2-10-27(11-3-1)28-16-19-33-34(24-28)40(30-18-21-38(44-26-30)36-15-7-9-23-42-36)32-13-5-4-12-31(32)39(33)29-17-20-37(43-25-29)35-14-6-8-22-41-35/h7-30H,1-6H3;1-26H. The van der Waals surface area contributed by atoms with Gasteiger partial charge >= 0.3 is 0 Å². The summed E-state index contributed by atoms with van der Waals surface area (Å²) in [5.74, 6) is 0. The highest BCUT2D eigenvalue weighted by molar-refractivity contribution is 7.00. The number of aromatic nitrogens is 4. The lowest BCUT2D eigenvalue weighted by atomic mass is 9.33. The van der Waals surface area contributed by atoms with Crippen molar-refractivity contribution in [1.82, 2.24) is 19.9 Å². The molecular formula is C90H68B2N4. The molecule has 4 aromatic heterocycles. The minimum absolute atomic E-state index is 0.113. The molecule has 0 unspecified atom stereocenters. The molecular weight excluding hydrogens is 1160 g/mol. The maximum Gasteiger partial charge on any atom is 0.243 e. The van der Waals surface area contributed by atoms with Gasteiger partial charge in [0.25, 0.3) is 0 Å². The van der Waals surface area contributed by atoms with E-state index < -0.39 is 0 Å². The first-order valence-corrected chi connectivity index (χ1v) is 33.3. The van der Waals surface area contributed by atoms with Crippen LogP contribution in [0.5, 0.6) is 0 Å². The molecule has 96 heavy (non-hydrogen) atoms. The van der Waals surface area contributed by atoms with Gasteiger partial charge in [-0.1, -0.05) is 303 Å². The summed E-state index contributed by atoms with van der Waals surface area (Å²) in [4.78, 5) is 18.7. The Bertz CT molecular complexity index is 5510. The summed E-state index contributed by atoms with van der Waals surface area (Å²) in [6, 6.07) is 101. The SMILES string of the molecule is Cc1cc(C)c(B(c2c(C)cc(C)cc2C)c2ccc(-c3ccc(B4c5ccccc5-c5ccccc54)c4ccccc34)c3ccccc23)c(C)c1.c1ccc(-c2ccc3c(-c4ccc(-c5ccccn5)nc4)c4ccccc4c(-c4ccc(-c5ccccn5)nc4)c3c2)cc1. The highest BCUT2D eigenvalue weighted by Gasteiger charge is 2.35. The molecule has 17 rings (SSSR count). The summed E-state index contributed by atoms with van der Waals surface area (Å²) in [7, 11) is 0. The summed E-state index contributed by atoms with van der Waals surface area (Å²) >= 11 is 0. The van der Waals surface area contributed by atoms with Gasteiger partial charge in [-0.05, 0) is 172 Å². The molecule has 0 bridgehead atoms. The fourth-order valence-corrected chi connectivity index (χ4v) is 15.9. The molecule has 0 spiro atoms. The predicted molar refractivity (Wildman–Crippen MR) is 409 cm³/mol. The van der Waals surface area contributed by atoms with Crippen LogP contribution in [0.3, 0.4) is 0 Å². The summed E-state index contributed by atoms with van der Waals surface area (Å²) in [5.41, 5.74) is 31.9. The van der Waals surface area contributed by atoms with Crippen LogP contribution in [0.2, 0.25) is 0 Å². The third-order valence-electron chi connectivity index (χ3n) is 19.8. The van der Waals surface area contributed by atoms with E-state index in [1.807, 2.05) is 48.8 Å². The van der Waals surface area contributed by atoms with Crippen LogP contribution in [0.15, 0.2) is 304 Å². The number of nitrogens with zero attached hydrogens (tertiary/aromatic N) is 4. The monoisotopic (exact) mass is 1230 g/mol. The van der Waals surface area contributed by atoms with Gasteiger partial charge < -0.3 is 0 Å². The van der Waals surface area contributed by atoms with Crippen LogP contribution in [-0.4, -0.2) is 33.4 Å². The molecule has 5 heterocycles. The molecule has 0 aliphatic carbocycles. The maximum absolute atomic E-state index is 4.86. The Labute approximate surface area is 562 Å². The third-order valence-corrected chi connectivity index (χ3v) is 19.8. The van der Waals surface area contributed by atoms with E-state index in [1.54, 1.807) is 12.4 Å². The second-order valence-corrected chi connectivity index (χ2v) is 25.9. The Morgan fingerprint density at radius 3 is 1.19 bits per heavy atom. The van der Waals surface area contributed by atoms with Crippen LogP contribution < -0.4 is 32.8 Å². The normalized spacial score (nSPS) is 11.6. The maximum atomic E-state index is 4.86. The lowest BCUT2D eigenvalue weighted by Crippen LogP contribution is -2.56. The van der Waals surface area contributed by atoms with Crippen molar-refractivity contribution >= 4 is 89.3 Å². The number of rotatable bonds is 10. The minimum Gasteiger partial charge on any atom is -0.255 e. The second-order valence-electron chi connectivity index (χ2n) is 25.9. The fraction of sp³-hybridized carbons (Fsp3) is 0.0667. The zero-order valence-corrected chi connectivity index (χ0v) is 54.8. The van der Waals surface area contributed by atoms with Crippen molar-refractivity contribution in [2.45, 2.75) is 41.5 Å². The zero-order chi connectivity index (χ0) is 65.0. The van der Waals surface area contributed by atoms with Gasteiger partial charge in [-0.3, -0.25) is 19.9 Å². The van der Waals surface area contributed by atoms with Crippen molar-refractivity contribution in [3.05, 3.63) is 337 Å². The molecule has 0 atom stereocenters. The number of fused-ring (bicyclic) bond motifs is 7. The van der Waals surface area contributed by atoms with Gasteiger partial charge in [0.15, 0.2) is 0 Å². The van der Waals surface area contributed by atoms with E-state index in [1.165, 1.54) is 143 Å². The van der Waals surface area contributed by atoms with E-state index in [2.05, 4.69) is 294 Å². The number of benzene rings is 12. The van der Waals surface area contributed by atoms with Gasteiger partial charge in [0, 0.05) is 35.9 Å². The first-order valence-electron chi connectivity index (χ1n) is 33.3. The first-order chi connectivity index (χ1) is 47.1. The minimum atomic E-state index is 0.113. The molecule has 0 fully saturated rings. The largest absolute Gasteiger partial charge is 0.255 e. The molecule has 4 nitrogen and oxygen atoms in total. The average molecular weight is 1230 g/mol. The molecule has 0 amide bonds. The van der Waals surface area contributed by atoms with Gasteiger partial charge in [0.1, 0.15) is 0 Å². The molecule has 454 valence electrons. The van der Waals surface area contributed by atoms with Crippen molar-refractivity contribution in [3.8, 4) is 78.4 Å². The highest BCUT2D eigenvalue weighted by atomic mass is 14.8. The van der Waals surface area contributed by atoms with Crippen LogP contribution in [0.4, 0.5) is 0 Å². The zero-order valence-electron chi connectivity index (χ0n) is 54.8. The number of hydrogen-bond acceptors (Lipinski definition) is 4. The highest BCUT2D eigenvalue weighted by Crippen LogP contribution is 2.45. The Hall–Kier alpha value is -11.6. The van der Waals surface area contributed by atoms with Crippen LogP contribution in [0, 0.1) is 41.5 Å². The van der Waals surface area contributed by atoms with Gasteiger partial charge in [-0.15, -0.1) is 0 Å². The molecule has 1 aliphatic heterocycles. The van der Waals surface area contributed by atoms with Crippen molar-refractivity contribution in [2.75, 3.05) is 0 Å². The van der Waals surface area contributed by atoms with Gasteiger partial charge in [0.2, 0.25) is 13.4 Å². The van der Waals surface area contributed by atoms with Gasteiger partial charge in [-0.2, -0.15) is 0 Å². The van der Waals surface area contributed by atoms with Crippen molar-refractivity contribution in [3.63, 3.8) is 0 Å². The van der Waals surface area contributed by atoms with Crippen molar-refractivity contribution in [1.29, 1.82) is 0 Å². The fourth-order valence-electron chi connectivity index (χ4n) is 15.9. The van der Waals surface area contributed by atoms with Gasteiger partial charge in [0.05, 0.1) is 22.8 Å². The Morgan fingerprint density at radius 1 is 0.260 bits per heavy atom. The first kappa shape index (κ1) is 59.4. The Kier molecular flexibility index (Phi) is 15.5. The third kappa shape index (κ3) is 10.7. The molecule has 0 saturated heterocycles. The molecule has 0 radical (unpaired) electrons. The summed E-state index contributed by atoms with van der Waals surface area (Å²) in [5, 5.41) is 9.90. The molecule has 1 aliphatic rings. The van der Waals surface area contributed by atoms with E-state index in [0.717, 1.165) is 45.0 Å². The summed E-state index contributed by atoms with van der Waals surface area (Å²) in [6.45, 7) is 13.9. The Balaban J connectivity index is 0.000000153. The van der Waals surface area contributed by atoms with E-state index >= 15 is 0 Å². The number of aryl methyl sites for hydroxylation is 6. The quantitative estimate of drug-likeness (QED) is 0.101. The average Bonchev–Trinajstić information content (AvgIpc) is 0.777. The van der Waals surface area contributed by atoms with Gasteiger partial charge in [-0.25, -0.2) is 0 Å². The van der Waals surface area contributed by atoms with E-state index in [4.69, 9.17) is 9.97 Å². The summed E-state index contributed by atoms with van der Waals surface area (Å²) < 4.78 is 0. The van der Waals surface area contributed by atoms with Crippen molar-refractivity contribution < 1.29 is 0 Å². The smallest absolute Gasteiger partial charge is 0.243 e. The van der Waals surface area contributed by atoms with E-state index in [-0.39, 0.29) is 13.4 Å². The number of hydrogen-bond donors (Lipinski definition) is 0. The predicted octanol–water partition coefficient (Wildman–Crippen LogP) is 18.4. The molecule has 12 aromatic carbocycles. The second kappa shape index (κ2) is 25.0. The topological polar surface area (TPSA) is 51.6 Å². The van der Waals surface area contributed by atoms with Crippen LogP contribution >= 0.6 is 0 Å². The molecule has 0 N–H and O–H groups in total. The number of pyridine rings is 4. The summed E-state index contributed by atoms with van der Waals surface area (Å²) in [6.07, 6.45) is 7.54. The van der Waals surface area contributed by atoms with Crippen LogP contribution in [-0.2, 0) is 0 Å². The lowest BCUT2D eigenvalue weighted by molar-refractivity contribution is 1.25. The van der Waals surface area contributed by atoms with Crippen molar-refractivity contribution in [2.24, 2.45) is 0 Å². The molecule has 16 aromatic rings. The lowest BCUT2D eigenvalue weighted by Gasteiger charge is -2.26. The van der Waals surface area contributed by atoms with Crippen LogP contribution in [0.25, 0.3) is 122 Å². The van der Waals surface area contributed by atoms with E-state index in [9.17, 15) is 0 Å². The van der Waals surface area contributed by atoms with E-state index in [0.29, 0.717) is 0 Å².